The molecule has 0 aromatic carbocycles. The number of aliphatic hydroxyl groups is 2. The maximum absolute atomic E-state index is 12.1. The summed E-state index contributed by atoms with van der Waals surface area (Å²) in [5, 5.41) is 19.5. The fraction of sp³-hybridized carbons (Fsp3) is 0.538. The van der Waals surface area contributed by atoms with Gasteiger partial charge in [-0.1, -0.05) is 5.92 Å². The zero-order chi connectivity index (χ0) is 15.8. The number of nitrogen functional groups attached to an aromatic ring is 1. The van der Waals surface area contributed by atoms with E-state index in [0.29, 0.717) is 5.69 Å². The summed E-state index contributed by atoms with van der Waals surface area (Å²) in [5.74, 6) is 5.37. The molecule has 1 aromatic rings. The van der Waals surface area contributed by atoms with Crippen LogP contribution in [0.3, 0.4) is 0 Å². The second-order valence-corrected chi connectivity index (χ2v) is 4.94. The van der Waals surface area contributed by atoms with Gasteiger partial charge < -0.3 is 26.4 Å². The van der Waals surface area contributed by atoms with Crippen LogP contribution in [0.5, 0.6) is 0 Å². The van der Waals surface area contributed by atoms with Gasteiger partial charge in [0.2, 0.25) is 0 Å². The van der Waals surface area contributed by atoms with Gasteiger partial charge in [0.15, 0.2) is 11.8 Å². The van der Waals surface area contributed by atoms with Crippen LogP contribution in [0.25, 0.3) is 0 Å². The van der Waals surface area contributed by atoms with E-state index in [9.17, 15) is 15.0 Å². The molecular formula is C13H18N4O4. The Kier molecular flexibility index (Phi) is 4.02. The van der Waals surface area contributed by atoms with Crippen LogP contribution in [0.1, 0.15) is 18.8 Å². The largest absolute Gasteiger partial charge is 0.394 e. The minimum Gasteiger partial charge on any atom is -0.394 e. The summed E-state index contributed by atoms with van der Waals surface area (Å²) in [6, 6.07) is 1.49. The minimum absolute atomic E-state index is 0.0789. The Morgan fingerprint density at radius 1 is 1.62 bits per heavy atom. The molecule has 1 aliphatic rings. The van der Waals surface area contributed by atoms with Crippen LogP contribution in [0.15, 0.2) is 10.9 Å². The zero-order valence-corrected chi connectivity index (χ0v) is 11.8. The van der Waals surface area contributed by atoms with Crippen molar-refractivity contribution in [3.05, 3.63) is 22.2 Å². The average molecular weight is 294 g/mol. The highest BCUT2D eigenvalue weighted by atomic mass is 16.5. The van der Waals surface area contributed by atoms with Crippen molar-refractivity contribution in [2.24, 2.45) is 5.73 Å². The molecule has 6 N–H and O–H groups in total. The van der Waals surface area contributed by atoms with Crippen LogP contribution < -0.4 is 17.2 Å². The number of aliphatic hydroxyl groups excluding tert-OH is 2. The predicted molar refractivity (Wildman–Crippen MR) is 75.0 cm³/mol. The van der Waals surface area contributed by atoms with E-state index < -0.39 is 36.3 Å². The zero-order valence-electron chi connectivity index (χ0n) is 11.8. The molecule has 1 saturated heterocycles. The number of nitrogens with two attached hydrogens (primary N) is 2. The molecule has 21 heavy (non-hydrogen) atoms. The number of hydrogen-bond donors (Lipinski definition) is 4. The lowest BCUT2D eigenvalue weighted by Crippen LogP contribution is -2.55. The quantitative estimate of drug-likeness (QED) is 0.468. The van der Waals surface area contributed by atoms with Gasteiger partial charge in [-0.25, -0.2) is 4.79 Å². The highest BCUT2D eigenvalue weighted by molar-refractivity contribution is 5.30. The Hall–Kier alpha value is -1.92. The van der Waals surface area contributed by atoms with Crippen molar-refractivity contribution >= 4 is 5.82 Å². The third-order valence-electron chi connectivity index (χ3n) is 3.48. The first-order valence-electron chi connectivity index (χ1n) is 6.38. The van der Waals surface area contributed by atoms with Gasteiger partial charge in [-0.15, -0.1) is 5.92 Å². The normalized spacial score (nSPS) is 31.8. The average Bonchev–Trinajstić information content (AvgIpc) is 2.63. The van der Waals surface area contributed by atoms with Gasteiger partial charge in [0.1, 0.15) is 18.0 Å². The first-order chi connectivity index (χ1) is 9.85. The number of nitrogens with zero attached hydrogens (tertiary/aromatic N) is 2. The summed E-state index contributed by atoms with van der Waals surface area (Å²) in [7, 11) is 0. The van der Waals surface area contributed by atoms with Crippen molar-refractivity contribution in [3.63, 3.8) is 0 Å². The van der Waals surface area contributed by atoms with E-state index in [1.165, 1.54) is 10.6 Å². The van der Waals surface area contributed by atoms with Gasteiger partial charge in [-0.3, -0.25) is 4.57 Å². The summed E-state index contributed by atoms with van der Waals surface area (Å²) in [4.78, 5) is 15.7. The Balaban J connectivity index is 2.61. The smallest absolute Gasteiger partial charge is 0.351 e. The molecule has 8 nitrogen and oxygen atoms in total. The van der Waals surface area contributed by atoms with Crippen LogP contribution in [0.2, 0.25) is 0 Å². The van der Waals surface area contributed by atoms with Gasteiger partial charge in [0.25, 0.3) is 0 Å². The van der Waals surface area contributed by atoms with Crippen LogP contribution in [-0.2, 0) is 4.74 Å². The second kappa shape index (κ2) is 5.46. The van der Waals surface area contributed by atoms with Crippen LogP contribution in [0, 0.1) is 18.8 Å². The predicted octanol–water partition coefficient (Wildman–Crippen LogP) is -1.89. The van der Waals surface area contributed by atoms with Gasteiger partial charge in [0, 0.05) is 5.69 Å². The molecule has 1 aromatic heterocycles. The lowest BCUT2D eigenvalue weighted by atomic mass is 9.91. The van der Waals surface area contributed by atoms with Gasteiger partial charge in [-0.05, 0) is 19.9 Å². The summed E-state index contributed by atoms with van der Waals surface area (Å²) in [5.41, 5.74) is 9.95. The van der Waals surface area contributed by atoms with Gasteiger partial charge >= 0.3 is 5.69 Å². The number of hydrogen-bond acceptors (Lipinski definition) is 7. The number of aromatic nitrogens is 2. The Labute approximate surface area is 121 Å². The highest BCUT2D eigenvalue weighted by Gasteiger charge is 2.54. The highest BCUT2D eigenvalue weighted by Crippen LogP contribution is 2.36. The molecule has 4 atom stereocenters. The molecule has 2 rings (SSSR count). The SMILES string of the molecule is CC#C[C@@]1(N)C(O)[C@@H](CO)O[C@H]1n1c(C)cc(N)nc1=O. The van der Waals surface area contributed by atoms with Crippen molar-refractivity contribution in [1.82, 2.24) is 9.55 Å². The summed E-state index contributed by atoms with van der Waals surface area (Å²) in [6.45, 7) is 2.75. The molecule has 0 amide bonds. The van der Waals surface area contributed by atoms with Crippen LogP contribution >= 0.6 is 0 Å². The summed E-state index contributed by atoms with van der Waals surface area (Å²) >= 11 is 0. The van der Waals surface area contributed by atoms with E-state index in [0.717, 1.165) is 0 Å². The van der Waals surface area contributed by atoms with Crippen LogP contribution in [-0.4, -0.2) is 44.1 Å². The molecule has 0 spiro atoms. The molecule has 0 bridgehead atoms. The lowest BCUT2D eigenvalue weighted by molar-refractivity contribution is -0.0483. The van der Waals surface area contributed by atoms with Crippen molar-refractivity contribution in [1.29, 1.82) is 0 Å². The lowest BCUT2D eigenvalue weighted by Gasteiger charge is -2.28. The third-order valence-corrected chi connectivity index (χ3v) is 3.48. The fourth-order valence-corrected chi connectivity index (χ4v) is 2.49. The summed E-state index contributed by atoms with van der Waals surface area (Å²) in [6.07, 6.45) is -3.26. The minimum atomic E-state index is -1.53. The van der Waals surface area contributed by atoms with Crippen molar-refractivity contribution < 1.29 is 14.9 Å². The molecule has 0 aliphatic carbocycles. The number of aryl methyl sites for hydroxylation is 1. The number of rotatable bonds is 2. The molecule has 114 valence electrons. The molecule has 8 heteroatoms. The molecule has 0 radical (unpaired) electrons. The molecule has 1 aliphatic heterocycles. The monoisotopic (exact) mass is 294 g/mol. The number of ether oxygens (including phenoxy) is 1. The van der Waals surface area contributed by atoms with Crippen molar-refractivity contribution in [2.45, 2.75) is 37.8 Å². The fourth-order valence-electron chi connectivity index (χ4n) is 2.49. The molecule has 0 saturated carbocycles. The second-order valence-electron chi connectivity index (χ2n) is 4.94. The number of anilines is 1. The van der Waals surface area contributed by atoms with Crippen molar-refractivity contribution in [3.8, 4) is 11.8 Å². The maximum Gasteiger partial charge on any atom is 0.351 e. The Bertz CT molecular complexity index is 662. The van der Waals surface area contributed by atoms with E-state index in [4.69, 9.17) is 16.2 Å². The Morgan fingerprint density at radius 2 is 2.29 bits per heavy atom. The molecule has 2 heterocycles. The molecular weight excluding hydrogens is 276 g/mol. The van der Waals surface area contributed by atoms with E-state index in [2.05, 4.69) is 16.8 Å². The van der Waals surface area contributed by atoms with Gasteiger partial charge in [-0.2, -0.15) is 4.98 Å². The molecule has 1 fully saturated rings. The summed E-state index contributed by atoms with van der Waals surface area (Å²) < 4.78 is 6.71. The van der Waals surface area contributed by atoms with Crippen LogP contribution in [0.4, 0.5) is 5.82 Å². The van der Waals surface area contributed by atoms with E-state index in [1.54, 1.807) is 13.8 Å². The van der Waals surface area contributed by atoms with Gasteiger partial charge in [0.05, 0.1) is 6.61 Å². The Morgan fingerprint density at radius 3 is 2.81 bits per heavy atom. The standard InChI is InChI=1S/C13H18N4O4/c1-3-4-13(15)10(19)8(6-18)21-11(13)17-7(2)5-9(14)16-12(17)20/h5,8,10-11,18-19H,6,15H2,1-2H3,(H2,14,16,20)/t8-,10?,11-,13-/m1/s1. The maximum atomic E-state index is 12.1. The van der Waals surface area contributed by atoms with Crippen molar-refractivity contribution in [2.75, 3.05) is 12.3 Å². The first-order valence-corrected chi connectivity index (χ1v) is 6.38. The van der Waals surface area contributed by atoms with E-state index >= 15 is 0 Å². The first kappa shape index (κ1) is 15.5. The van der Waals surface area contributed by atoms with E-state index in [-0.39, 0.29) is 5.82 Å². The topological polar surface area (TPSA) is 137 Å². The van der Waals surface area contributed by atoms with E-state index in [1.807, 2.05) is 0 Å². The molecule has 1 unspecified atom stereocenters. The third kappa shape index (κ3) is 2.41.